The summed E-state index contributed by atoms with van der Waals surface area (Å²) in [6.45, 7) is 3.17. The highest BCUT2D eigenvalue weighted by atomic mass is 16.7. The summed E-state index contributed by atoms with van der Waals surface area (Å²) in [7, 11) is 1.53. The Balaban J connectivity index is 1.74. The minimum Gasteiger partial charge on any atom is -0.441 e. The van der Waals surface area contributed by atoms with Gasteiger partial charge in [-0.3, -0.25) is 4.90 Å². The number of rotatable bonds is 12. The van der Waals surface area contributed by atoms with E-state index in [1.807, 2.05) is 30.3 Å². The largest absolute Gasteiger partial charge is 0.441 e. The van der Waals surface area contributed by atoms with Crippen molar-refractivity contribution in [1.29, 1.82) is 0 Å². The number of ether oxygens (including phenoxy) is 4. The van der Waals surface area contributed by atoms with E-state index in [9.17, 15) is 4.79 Å². The van der Waals surface area contributed by atoms with E-state index < -0.39 is 36.7 Å². The molecule has 0 radical (unpaired) electrons. The summed E-state index contributed by atoms with van der Waals surface area (Å²) in [4.78, 5) is 17.3. The Kier molecular flexibility index (Phi) is 8.97. The monoisotopic (exact) mass is 432 g/mol. The zero-order chi connectivity index (χ0) is 22.1. The van der Waals surface area contributed by atoms with Gasteiger partial charge in [0.2, 0.25) is 0 Å². The summed E-state index contributed by atoms with van der Waals surface area (Å²) in [5, 5.41) is 3.67. The number of methoxy groups -OCH3 is 1. The number of unbranched alkanes of at least 4 members (excludes halogenated alkanes) is 4. The molecule has 0 N–H and O–H groups in total. The van der Waals surface area contributed by atoms with Crippen LogP contribution < -0.4 is 0 Å². The van der Waals surface area contributed by atoms with Crippen molar-refractivity contribution in [2.45, 2.75) is 76.2 Å². The molecule has 2 aliphatic rings. The molecule has 170 valence electrons. The molecule has 1 aromatic rings. The second-order valence-corrected chi connectivity index (χ2v) is 7.89. The third kappa shape index (κ3) is 5.89. The molecule has 2 saturated heterocycles. The van der Waals surface area contributed by atoms with Gasteiger partial charge < -0.3 is 18.9 Å². The van der Waals surface area contributed by atoms with Gasteiger partial charge in [-0.05, 0) is 17.5 Å². The Morgan fingerprint density at radius 1 is 1.19 bits per heavy atom. The molecule has 0 aliphatic carbocycles. The SMILES string of the molecule is CCCCCCCOC1C(CN=[N+]=[N-])OC(OC)C2C1OC(=O)N2Cc1ccccc1. The number of carbonyl (C=O) groups is 1. The van der Waals surface area contributed by atoms with E-state index in [1.54, 1.807) is 4.90 Å². The second kappa shape index (κ2) is 11.9. The number of carbonyl (C=O) groups excluding carboxylic acids is 1. The lowest BCUT2D eigenvalue weighted by Crippen LogP contribution is -2.61. The van der Waals surface area contributed by atoms with Gasteiger partial charge in [0.25, 0.3) is 0 Å². The van der Waals surface area contributed by atoms with Gasteiger partial charge in [-0.2, -0.15) is 0 Å². The van der Waals surface area contributed by atoms with Crippen LogP contribution in [0.25, 0.3) is 10.4 Å². The van der Waals surface area contributed by atoms with Crippen LogP contribution in [-0.4, -0.2) is 61.9 Å². The van der Waals surface area contributed by atoms with E-state index in [2.05, 4.69) is 16.9 Å². The normalized spacial score (nSPS) is 27.5. The quantitative estimate of drug-likeness (QED) is 0.210. The van der Waals surface area contributed by atoms with Crippen LogP contribution in [0, 0.1) is 0 Å². The number of benzene rings is 1. The highest BCUT2D eigenvalue weighted by molar-refractivity contribution is 5.71. The first kappa shape index (κ1) is 23.3. The molecule has 9 nitrogen and oxygen atoms in total. The predicted molar refractivity (Wildman–Crippen MR) is 114 cm³/mol. The first-order chi connectivity index (χ1) is 15.2. The minimum atomic E-state index is -0.705. The number of hydrogen-bond donors (Lipinski definition) is 0. The van der Waals surface area contributed by atoms with Crippen molar-refractivity contribution in [3.05, 3.63) is 46.3 Å². The Morgan fingerprint density at radius 3 is 2.68 bits per heavy atom. The first-order valence-electron chi connectivity index (χ1n) is 11.0. The maximum absolute atomic E-state index is 12.8. The smallest absolute Gasteiger partial charge is 0.411 e. The highest BCUT2D eigenvalue weighted by Gasteiger charge is 2.56. The van der Waals surface area contributed by atoms with Crippen molar-refractivity contribution >= 4 is 6.09 Å². The molecule has 0 aromatic heterocycles. The van der Waals surface area contributed by atoms with Crippen LogP contribution in [0.1, 0.15) is 44.6 Å². The molecule has 0 saturated carbocycles. The number of azide groups is 1. The zero-order valence-corrected chi connectivity index (χ0v) is 18.3. The molecule has 2 fully saturated rings. The fourth-order valence-corrected chi connectivity index (χ4v) is 4.19. The van der Waals surface area contributed by atoms with Crippen molar-refractivity contribution < 1.29 is 23.7 Å². The van der Waals surface area contributed by atoms with Crippen molar-refractivity contribution in [1.82, 2.24) is 4.90 Å². The molecule has 9 heteroatoms. The molecule has 31 heavy (non-hydrogen) atoms. The Hall–Kier alpha value is -2.32. The lowest BCUT2D eigenvalue weighted by molar-refractivity contribution is -0.259. The molecule has 2 heterocycles. The van der Waals surface area contributed by atoms with Crippen molar-refractivity contribution in [2.75, 3.05) is 20.3 Å². The molecule has 2 aliphatic heterocycles. The Morgan fingerprint density at radius 2 is 1.97 bits per heavy atom. The molecule has 0 spiro atoms. The average Bonchev–Trinajstić information content (AvgIpc) is 3.11. The highest BCUT2D eigenvalue weighted by Crippen LogP contribution is 2.36. The summed E-state index contributed by atoms with van der Waals surface area (Å²) >= 11 is 0. The lowest BCUT2D eigenvalue weighted by Gasteiger charge is -2.43. The van der Waals surface area contributed by atoms with Crippen LogP contribution in [0.4, 0.5) is 4.79 Å². The number of hydrogen-bond acceptors (Lipinski definition) is 6. The predicted octanol–water partition coefficient (Wildman–Crippen LogP) is 4.41. The van der Waals surface area contributed by atoms with E-state index >= 15 is 0 Å². The van der Waals surface area contributed by atoms with Crippen LogP contribution in [0.2, 0.25) is 0 Å². The molecule has 5 unspecified atom stereocenters. The van der Waals surface area contributed by atoms with Crippen LogP contribution in [0.15, 0.2) is 35.4 Å². The number of nitrogens with zero attached hydrogens (tertiary/aromatic N) is 4. The van der Waals surface area contributed by atoms with E-state index in [0.717, 1.165) is 18.4 Å². The summed E-state index contributed by atoms with van der Waals surface area (Å²) in [6.07, 6.45) is 2.77. The molecule has 3 rings (SSSR count). The average molecular weight is 433 g/mol. The van der Waals surface area contributed by atoms with Crippen molar-refractivity contribution in [3.8, 4) is 0 Å². The fraction of sp³-hybridized carbons (Fsp3) is 0.682. The summed E-state index contributed by atoms with van der Waals surface area (Å²) in [5.41, 5.74) is 9.76. The van der Waals surface area contributed by atoms with Crippen LogP contribution in [0.5, 0.6) is 0 Å². The summed E-state index contributed by atoms with van der Waals surface area (Å²) in [6, 6.07) is 9.26. The third-order valence-electron chi connectivity index (χ3n) is 5.76. The summed E-state index contributed by atoms with van der Waals surface area (Å²) < 4.78 is 23.6. The van der Waals surface area contributed by atoms with E-state index in [1.165, 1.54) is 26.4 Å². The van der Waals surface area contributed by atoms with Crippen LogP contribution in [0.3, 0.4) is 0 Å². The lowest BCUT2D eigenvalue weighted by atomic mass is 9.95. The first-order valence-corrected chi connectivity index (χ1v) is 11.0. The van der Waals surface area contributed by atoms with Gasteiger partial charge >= 0.3 is 6.09 Å². The molecule has 5 atom stereocenters. The molecule has 1 amide bonds. The van der Waals surface area contributed by atoms with Gasteiger partial charge in [0.15, 0.2) is 12.4 Å². The zero-order valence-electron chi connectivity index (χ0n) is 18.3. The number of fused-ring (bicyclic) bond motifs is 1. The van der Waals surface area contributed by atoms with Gasteiger partial charge in [0.05, 0.1) is 12.6 Å². The Bertz CT molecular complexity index is 743. The second-order valence-electron chi connectivity index (χ2n) is 7.89. The number of amides is 1. The Labute approximate surface area is 183 Å². The minimum absolute atomic E-state index is 0.0797. The third-order valence-corrected chi connectivity index (χ3v) is 5.76. The molecular weight excluding hydrogens is 400 g/mol. The van der Waals surface area contributed by atoms with Crippen LogP contribution >= 0.6 is 0 Å². The van der Waals surface area contributed by atoms with E-state index in [0.29, 0.717) is 13.2 Å². The van der Waals surface area contributed by atoms with Crippen LogP contribution in [-0.2, 0) is 25.5 Å². The van der Waals surface area contributed by atoms with E-state index in [4.69, 9.17) is 24.5 Å². The van der Waals surface area contributed by atoms with Gasteiger partial charge in [-0.25, -0.2) is 4.79 Å². The van der Waals surface area contributed by atoms with Gasteiger partial charge in [0, 0.05) is 25.2 Å². The topological polar surface area (TPSA) is 106 Å². The van der Waals surface area contributed by atoms with E-state index in [-0.39, 0.29) is 6.54 Å². The van der Waals surface area contributed by atoms with Gasteiger partial charge in [0.1, 0.15) is 12.1 Å². The fourth-order valence-electron chi connectivity index (χ4n) is 4.19. The standard InChI is InChI=1S/C22H32N4O5/c1-3-4-5-6-10-13-29-19-17(14-24-25-23)30-21(28-2)18-20(19)31-22(27)26(18)15-16-11-8-7-9-12-16/h7-9,11-12,17-21H,3-6,10,13-15H2,1-2H3. The molecule has 1 aromatic carbocycles. The summed E-state index contributed by atoms with van der Waals surface area (Å²) in [5.74, 6) is 0. The maximum Gasteiger partial charge on any atom is 0.411 e. The van der Waals surface area contributed by atoms with Crippen molar-refractivity contribution in [2.24, 2.45) is 5.11 Å². The molecule has 0 bridgehead atoms. The van der Waals surface area contributed by atoms with Gasteiger partial charge in [-0.1, -0.05) is 68.1 Å². The maximum atomic E-state index is 12.8. The molecular formula is C22H32N4O5. The van der Waals surface area contributed by atoms with Crippen molar-refractivity contribution in [3.63, 3.8) is 0 Å². The van der Waals surface area contributed by atoms with Gasteiger partial charge in [-0.15, -0.1) is 0 Å².